The molecule has 0 aliphatic carbocycles. The van der Waals surface area contributed by atoms with Crippen molar-refractivity contribution < 1.29 is 19.4 Å². The number of aromatic hydroxyl groups is 1. The van der Waals surface area contributed by atoms with Crippen LogP contribution in [0, 0.1) is 0 Å². The highest BCUT2D eigenvalue weighted by Gasteiger charge is 2.16. The summed E-state index contributed by atoms with van der Waals surface area (Å²) < 4.78 is 10.2. The standard InChI is InChI=1S/C23H27ClN2O4/c1-29-21-15-18(16-22(30-2)23(21)28)20(27)8-10-26-13-11-25(12-14-26)9-7-17-3-5-19(24)6-4-17/h3-6,8,10,15-16,28H,7,9,11-14H2,1-2H3. The number of benzene rings is 2. The Hall–Kier alpha value is -2.70. The quantitative estimate of drug-likeness (QED) is 0.510. The SMILES string of the molecule is COc1cc(C(=O)C=CN2CCN(CCc3ccc(Cl)cc3)CC2)cc(OC)c1O. The third kappa shape index (κ3) is 5.68. The molecule has 7 heteroatoms. The smallest absolute Gasteiger partial charge is 0.200 e. The zero-order valence-electron chi connectivity index (χ0n) is 17.3. The number of carbonyl (C=O) groups excluding carboxylic acids is 1. The van der Waals surface area contributed by atoms with Gasteiger partial charge in [-0.15, -0.1) is 0 Å². The number of methoxy groups -OCH3 is 2. The number of nitrogens with zero attached hydrogens (tertiary/aromatic N) is 2. The van der Waals surface area contributed by atoms with Crippen molar-refractivity contribution in [3.8, 4) is 17.2 Å². The summed E-state index contributed by atoms with van der Waals surface area (Å²) in [7, 11) is 2.87. The molecular weight excluding hydrogens is 404 g/mol. The topological polar surface area (TPSA) is 62.2 Å². The first kappa shape index (κ1) is 22.0. The van der Waals surface area contributed by atoms with E-state index in [9.17, 15) is 9.90 Å². The van der Waals surface area contributed by atoms with Crippen LogP contribution in [0.15, 0.2) is 48.7 Å². The molecule has 30 heavy (non-hydrogen) atoms. The number of ketones is 1. The second-order valence-corrected chi connectivity index (χ2v) is 7.60. The zero-order valence-corrected chi connectivity index (χ0v) is 18.1. The van der Waals surface area contributed by atoms with Crippen LogP contribution in [0.25, 0.3) is 0 Å². The molecule has 0 saturated carbocycles. The lowest BCUT2D eigenvalue weighted by molar-refractivity contribution is 0.104. The highest BCUT2D eigenvalue weighted by molar-refractivity contribution is 6.30. The Morgan fingerprint density at radius 3 is 2.23 bits per heavy atom. The molecule has 1 heterocycles. The molecule has 0 radical (unpaired) electrons. The van der Waals surface area contributed by atoms with Gasteiger partial charge in [-0.25, -0.2) is 0 Å². The van der Waals surface area contributed by atoms with E-state index in [2.05, 4.69) is 21.9 Å². The maximum Gasteiger partial charge on any atom is 0.200 e. The summed E-state index contributed by atoms with van der Waals surface area (Å²) in [4.78, 5) is 17.1. The highest BCUT2D eigenvalue weighted by Crippen LogP contribution is 2.37. The predicted molar refractivity (Wildman–Crippen MR) is 118 cm³/mol. The number of halogens is 1. The lowest BCUT2D eigenvalue weighted by Gasteiger charge is -2.34. The summed E-state index contributed by atoms with van der Waals surface area (Å²) in [6.07, 6.45) is 4.38. The Morgan fingerprint density at radius 2 is 1.67 bits per heavy atom. The van der Waals surface area contributed by atoms with Gasteiger partial charge in [0.05, 0.1) is 14.2 Å². The lowest BCUT2D eigenvalue weighted by atomic mass is 10.1. The monoisotopic (exact) mass is 430 g/mol. The van der Waals surface area contributed by atoms with Gasteiger partial charge in [0, 0.05) is 55.6 Å². The summed E-state index contributed by atoms with van der Waals surface area (Å²) >= 11 is 5.93. The van der Waals surface area contributed by atoms with Crippen LogP contribution >= 0.6 is 11.6 Å². The number of carbonyl (C=O) groups is 1. The first-order chi connectivity index (χ1) is 14.5. The van der Waals surface area contributed by atoms with Gasteiger partial charge in [0.1, 0.15) is 0 Å². The number of ether oxygens (including phenoxy) is 2. The van der Waals surface area contributed by atoms with Gasteiger partial charge in [-0.2, -0.15) is 0 Å². The molecule has 0 bridgehead atoms. The fourth-order valence-electron chi connectivity index (χ4n) is 3.38. The van der Waals surface area contributed by atoms with Crippen molar-refractivity contribution in [2.75, 3.05) is 46.9 Å². The van der Waals surface area contributed by atoms with Crippen LogP contribution in [-0.2, 0) is 6.42 Å². The van der Waals surface area contributed by atoms with Crippen molar-refractivity contribution in [1.29, 1.82) is 0 Å². The minimum Gasteiger partial charge on any atom is -0.502 e. The molecule has 1 aliphatic heterocycles. The van der Waals surface area contributed by atoms with Crippen LogP contribution < -0.4 is 9.47 Å². The van der Waals surface area contributed by atoms with E-state index < -0.39 is 0 Å². The molecule has 1 N–H and O–H groups in total. The number of hydrogen-bond acceptors (Lipinski definition) is 6. The van der Waals surface area contributed by atoms with Crippen molar-refractivity contribution >= 4 is 17.4 Å². The van der Waals surface area contributed by atoms with Crippen LogP contribution in [0.3, 0.4) is 0 Å². The molecule has 1 saturated heterocycles. The molecule has 0 unspecified atom stereocenters. The average molecular weight is 431 g/mol. The van der Waals surface area contributed by atoms with Crippen molar-refractivity contribution in [2.45, 2.75) is 6.42 Å². The predicted octanol–water partition coefficient (Wildman–Crippen LogP) is 3.62. The molecule has 0 amide bonds. The number of hydrogen-bond donors (Lipinski definition) is 1. The molecular formula is C23H27ClN2O4. The third-order valence-electron chi connectivity index (χ3n) is 5.24. The number of rotatable bonds is 8. The van der Waals surface area contributed by atoms with E-state index in [1.807, 2.05) is 18.3 Å². The van der Waals surface area contributed by atoms with Gasteiger partial charge >= 0.3 is 0 Å². The van der Waals surface area contributed by atoms with Gasteiger partial charge in [-0.1, -0.05) is 23.7 Å². The zero-order chi connectivity index (χ0) is 21.5. The van der Waals surface area contributed by atoms with E-state index in [4.69, 9.17) is 21.1 Å². The van der Waals surface area contributed by atoms with E-state index in [0.717, 1.165) is 44.2 Å². The number of allylic oxidation sites excluding steroid dienone is 1. The lowest BCUT2D eigenvalue weighted by Crippen LogP contribution is -2.44. The largest absolute Gasteiger partial charge is 0.502 e. The fraction of sp³-hybridized carbons (Fsp3) is 0.348. The van der Waals surface area contributed by atoms with Crippen LogP contribution in [0.4, 0.5) is 0 Å². The molecule has 1 fully saturated rings. The van der Waals surface area contributed by atoms with Gasteiger partial charge in [0.25, 0.3) is 0 Å². The third-order valence-corrected chi connectivity index (χ3v) is 5.49. The fourth-order valence-corrected chi connectivity index (χ4v) is 3.51. The maximum atomic E-state index is 12.6. The van der Waals surface area contributed by atoms with Crippen LogP contribution in [-0.4, -0.2) is 67.6 Å². The summed E-state index contributed by atoms with van der Waals surface area (Å²) in [5.74, 6) is 0.132. The van der Waals surface area contributed by atoms with Crippen molar-refractivity contribution in [1.82, 2.24) is 9.80 Å². The summed E-state index contributed by atoms with van der Waals surface area (Å²) in [5, 5.41) is 10.7. The Bertz CT molecular complexity index is 866. The van der Waals surface area contributed by atoms with E-state index in [0.29, 0.717) is 5.56 Å². The Labute approximate surface area is 182 Å². The Kier molecular flexibility index (Phi) is 7.60. The molecule has 2 aromatic rings. The first-order valence-electron chi connectivity index (χ1n) is 9.88. The van der Waals surface area contributed by atoms with Gasteiger partial charge in [-0.3, -0.25) is 9.69 Å². The van der Waals surface area contributed by atoms with Gasteiger partial charge in [0.15, 0.2) is 17.3 Å². The second-order valence-electron chi connectivity index (χ2n) is 7.16. The number of piperazine rings is 1. The molecule has 1 aliphatic rings. The van der Waals surface area contributed by atoms with Crippen LogP contribution in [0.2, 0.25) is 5.02 Å². The van der Waals surface area contributed by atoms with Crippen LogP contribution in [0.5, 0.6) is 17.2 Å². The van der Waals surface area contributed by atoms with E-state index in [1.54, 1.807) is 6.08 Å². The van der Waals surface area contributed by atoms with Gasteiger partial charge in [-0.05, 0) is 36.2 Å². The first-order valence-corrected chi connectivity index (χ1v) is 10.3. The minimum atomic E-state index is -0.170. The van der Waals surface area contributed by atoms with Gasteiger partial charge < -0.3 is 19.5 Å². The molecule has 0 aromatic heterocycles. The number of phenols is 1. The average Bonchev–Trinajstić information content (AvgIpc) is 2.78. The second kappa shape index (κ2) is 10.4. The van der Waals surface area contributed by atoms with Gasteiger partial charge in [0.2, 0.25) is 5.75 Å². The van der Waals surface area contributed by atoms with E-state index in [-0.39, 0.29) is 23.0 Å². The van der Waals surface area contributed by atoms with E-state index in [1.165, 1.54) is 31.9 Å². The molecule has 2 aromatic carbocycles. The molecule has 0 spiro atoms. The molecule has 160 valence electrons. The summed E-state index contributed by atoms with van der Waals surface area (Å²) in [6, 6.07) is 11.0. The molecule has 0 atom stereocenters. The molecule has 3 rings (SSSR count). The summed E-state index contributed by atoms with van der Waals surface area (Å²) in [6.45, 7) is 4.64. The maximum absolute atomic E-state index is 12.6. The Balaban J connectivity index is 1.50. The normalized spacial score (nSPS) is 14.8. The van der Waals surface area contributed by atoms with Crippen molar-refractivity contribution in [2.24, 2.45) is 0 Å². The van der Waals surface area contributed by atoms with Crippen LogP contribution in [0.1, 0.15) is 15.9 Å². The Morgan fingerprint density at radius 1 is 1.07 bits per heavy atom. The minimum absolute atomic E-state index is 0.116. The highest BCUT2D eigenvalue weighted by atomic mass is 35.5. The van der Waals surface area contributed by atoms with E-state index >= 15 is 0 Å². The number of phenolic OH excluding ortho intramolecular Hbond substituents is 1. The van der Waals surface area contributed by atoms with Crippen molar-refractivity contribution in [3.63, 3.8) is 0 Å². The van der Waals surface area contributed by atoms with Crippen molar-refractivity contribution in [3.05, 3.63) is 64.8 Å². The summed E-state index contributed by atoms with van der Waals surface area (Å²) in [5.41, 5.74) is 1.69. The molecule has 6 nitrogen and oxygen atoms in total.